The van der Waals surface area contributed by atoms with Crippen LogP contribution in [-0.4, -0.2) is 34.5 Å². The normalized spacial score (nSPS) is 24.7. The van der Waals surface area contributed by atoms with Crippen molar-refractivity contribution in [3.8, 4) is 0 Å². The summed E-state index contributed by atoms with van der Waals surface area (Å²) < 4.78 is 0. The van der Waals surface area contributed by atoms with Gasteiger partial charge in [0.2, 0.25) is 0 Å². The van der Waals surface area contributed by atoms with Gasteiger partial charge in [-0.1, -0.05) is 0 Å². The Bertz CT molecular complexity index is 422. The second kappa shape index (κ2) is 4.67. The SMILES string of the molecule is CC1CC(N)CCN1c1nccnc1C(N)=O. The molecule has 92 valence electrons. The van der Waals surface area contributed by atoms with E-state index < -0.39 is 5.91 Å². The molecule has 17 heavy (non-hydrogen) atoms. The highest BCUT2D eigenvalue weighted by molar-refractivity contribution is 5.95. The molecule has 0 bridgehead atoms. The lowest BCUT2D eigenvalue weighted by Gasteiger charge is -2.37. The maximum absolute atomic E-state index is 11.3. The van der Waals surface area contributed by atoms with E-state index in [0.717, 1.165) is 19.4 Å². The first-order valence-corrected chi connectivity index (χ1v) is 5.72. The summed E-state index contributed by atoms with van der Waals surface area (Å²) in [5, 5.41) is 0. The number of aromatic nitrogens is 2. The van der Waals surface area contributed by atoms with E-state index in [1.54, 1.807) is 6.20 Å². The standard InChI is InChI=1S/C11H17N5O/c1-7-6-8(12)2-5-16(7)11-9(10(13)17)14-3-4-15-11/h3-4,7-8H,2,5-6,12H2,1H3,(H2,13,17). The third-order valence-electron chi connectivity index (χ3n) is 3.10. The number of nitrogens with zero attached hydrogens (tertiary/aromatic N) is 3. The summed E-state index contributed by atoms with van der Waals surface area (Å²) in [6.45, 7) is 2.85. The first-order valence-electron chi connectivity index (χ1n) is 5.72. The lowest BCUT2D eigenvalue weighted by atomic mass is 9.99. The van der Waals surface area contributed by atoms with Crippen molar-refractivity contribution in [1.29, 1.82) is 0 Å². The smallest absolute Gasteiger partial charge is 0.271 e. The van der Waals surface area contributed by atoms with Crippen LogP contribution in [0.1, 0.15) is 30.3 Å². The number of nitrogens with two attached hydrogens (primary N) is 2. The molecule has 1 aliphatic rings. The van der Waals surface area contributed by atoms with Crippen LogP contribution in [0.15, 0.2) is 12.4 Å². The van der Waals surface area contributed by atoms with Crippen LogP contribution in [0.4, 0.5) is 5.82 Å². The van der Waals surface area contributed by atoms with E-state index in [-0.39, 0.29) is 17.8 Å². The van der Waals surface area contributed by atoms with Crippen LogP contribution < -0.4 is 16.4 Å². The molecule has 0 aromatic carbocycles. The highest BCUT2D eigenvalue weighted by Crippen LogP contribution is 2.24. The number of hydrogen-bond donors (Lipinski definition) is 2. The van der Waals surface area contributed by atoms with Crippen LogP contribution >= 0.6 is 0 Å². The van der Waals surface area contributed by atoms with Crippen molar-refractivity contribution in [2.75, 3.05) is 11.4 Å². The Morgan fingerprint density at radius 3 is 2.82 bits per heavy atom. The average molecular weight is 235 g/mol. The molecule has 1 aromatic rings. The highest BCUT2D eigenvalue weighted by Gasteiger charge is 2.27. The monoisotopic (exact) mass is 235 g/mol. The van der Waals surface area contributed by atoms with Gasteiger partial charge in [0.25, 0.3) is 5.91 Å². The van der Waals surface area contributed by atoms with Gasteiger partial charge >= 0.3 is 0 Å². The summed E-state index contributed by atoms with van der Waals surface area (Å²) in [6, 6.07) is 0.462. The van der Waals surface area contributed by atoms with Gasteiger partial charge in [0.15, 0.2) is 11.5 Å². The molecule has 0 saturated carbocycles. The van der Waals surface area contributed by atoms with Crippen molar-refractivity contribution < 1.29 is 4.79 Å². The van der Waals surface area contributed by atoms with Gasteiger partial charge in [-0.3, -0.25) is 4.79 Å². The molecule has 4 N–H and O–H groups in total. The lowest BCUT2D eigenvalue weighted by Crippen LogP contribution is -2.46. The summed E-state index contributed by atoms with van der Waals surface area (Å²) in [7, 11) is 0. The molecule has 2 heterocycles. The molecule has 2 rings (SSSR count). The minimum Gasteiger partial charge on any atom is -0.364 e. The summed E-state index contributed by atoms with van der Waals surface area (Å²) in [5.41, 5.74) is 11.4. The fraction of sp³-hybridized carbons (Fsp3) is 0.545. The Morgan fingerprint density at radius 1 is 1.47 bits per heavy atom. The molecule has 1 aliphatic heterocycles. The predicted molar refractivity (Wildman–Crippen MR) is 64.6 cm³/mol. The number of carbonyl (C=O) groups is 1. The van der Waals surface area contributed by atoms with Crippen LogP contribution in [0.5, 0.6) is 0 Å². The zero-order chi connectivity index (χ0) is 12.4. The maximum atomic E-state index is 11.3. The van der Waals surface area contributed by atoms with E-state index in [4.69, 9.17) is 11.5 Å². The van der Waals surface area contributed by atoms with E-state index >= 15 is 0 Å². The number of hydrogen-bond acceptors (Lipinski definition) is 5. The number of primary amides is 1. The summed E-state index contributed by atoms with van der Waals surface area (Å²) in [4.78, 5) is 21.6. The first kappa shape index (κ1) is 11.8. The van der Waals surface area contributed by atoms with Gasteiger partial charge in [0.1, 0.15) is 0 Å². The molecular weight excluding hydrogens is 218 g/mol. The van der Waals surface area contributed by atoms with Gasteiger partial charge in [-0.2, -0.15) is 0 Å². The van der Waals surface area contributed by atoms with E-state index in [2.05, 4.69) is 21.8 Å². The molecule has 2 unspecified atom stereocenters. The zero-order valence-electron chi connectivity index (χ0n) is 9.84. The minimum atomic E-state index is -0.546. The van der Waals surface area contributed by atoms with Crippen molar-refractivity contribution in [2.24, 2.45) is 11.5 Å². The minimum absolute atomic E-state index is 0.218. The van der Waals surface area contributed by atoms with E-state index in [9.17, 15) is 4.79 Å². The maximum Gasteiger partial charge on any atom is 0.271 e. The molecule has 1 fully saturated rings. The molecular formula is C11H17N5O. The fourth-order valence-electron chi connectivity index (χ4n) is 2.24. The first-order chi connectivity index (χ1) is 8.09. The molecule has 6 heteroatoms. The largest absolute Gasteiger partial charge is 0.364 e. The van der Waals surface area contributed by atoms with Crippen LogP contribution in [0.25, 0.3) is 0 Å². The third kappa shape index (κ3) is 2.36. The van der Waals surface area contributed by atoms with E-state index in [0.29, 0.717) is 5.82 Å². The van der Waals surface area contributed by atoms with Crippen molar-refractivity contribution in [3.05, 3.63) is 18.1 Å². The highest BCUT2D eigenvalue weighted by atomic mass is 16.1. The Labute approximate surface area is 100 Å². The van der Waals surface area contributed by atoms with Crippen LogP contribution in [0, 0.1) is 0 Å². The number of anilines is 1. The van der Waals surface area contributed by atoms with Gasteiger partial charge in [-0.15, -0.1) is 0 Å². The number of rotatable bonds is 2. The number of piperidine rings is 1. The summed E-state index contributed by atoms with van der Waals surface area (Å²) in [5.74, 6) is 0.0228. The molecule has 1 saturated heterocycles. The second-order valence-corrected chi connectivity index (χ2v) is 4.42. The molecule has 0 spiro atoms. The summed E-state index contributed by atoms with van der Waals surface area (Å²) in [6.07, 6.45) is 4.82. The van der Waals surface area contributed by atoms with Crippen LogP contribution in [-0.2, 0) is 0 Å². The van der Waals surface area contributed by atoms with Crippen molar-refractivity contribution in [1.82, 2.24) is 9.97 Å². The molecule has 6 nitrogen and oxygen atoms in total. The topological polar surface area (TPSA) is 98.1 Å². The predicted octanol–water partition coefficient (Wildman–Crippen LogP) is -0.108. The lowest BCUT2D eigenvalue weighted by molar-refractivity contribution is 0.0995. The molecule has 2 atom stereocenters. The van der Waals surface area contributed by atoms with Crippen LogP contribution in [0.2, 0.25) is 0 Å². The number of amides is 1. The fourth-order valence-corrected chi connectivity index (χ4v) is 2.24. The Hall–Kier alpha value is -1.69. The van der Waals surface area contributed by atoms with Gasteiger partial charge in [0, 0.05) is 31.0 Å². The van der Waals surface area contributed by atoms with Crippen molar-refractivity contribution >= 4 is 11.7 Å². The second-order valence-electron chi connectivity index (χ2n) is 4.42. The van der Waals surface area contributed by atoms with Crippen LogP contribution in [0.3, 0.4) is 0 Å². The Kier molecular flexibility index (Phi) is 3.23. The van der Waals surface area contributed by atoms with Crippen molar-refractivity contribution in [2.45, 2.75) is 31.8 Å². The third-order valence-corrected chi connectivity index (χ3v) is 3.10. The average Bonchev–Trinajstić information content (AvgIpc) is 2.29. The molecule has 0 radical (unpaired) electrons. The van der Waals surface area contributed by atoms with Crippen molar-refractivity contribution in [3.63, 3.8) is 0 Å². The molecule has 1 aromatic heterocycles. The quantitative estimate of drug-likeness (QED) is 0.745. The van der Waals surface area contributed by atoms with E-state index in [1.165, 1.54) is 6.20 Å². The van der Waals surface area contributed by atoms with Gasteiger partial charge in [-0.25, -0.2) is 9.97 Å². The zero-order valence-corrected chi connectivity index (χ0v) is 9.84. The van der Waals surface area contributed by atoms with Gasteiger partial charge in [0.05, 0.1) is 0 Å². The van der Waals surface area contributed by atoms with Gasteiger partial charge in [-0.05, 0) is 19.8 Å². The Balaban J connectivity index is 2.30. The molecule has 0 aliphatic carbocycles. The summed E-state index contributed by atoms with van der Waals surface area (Å²) >= 11 is 0. The van der Waals surface area contributed by atoms with E-state index in [1.807, 2.05) is 0 Å². The number of carbonyl (C=O) groups excluding carboxylic acids is 1. The van der Waals surface area contributed by atoms with Gasteiger partial charge < -0.3 is 16.4 Å². The molecule has 1 amide bonds. The Morgan fingerprint density at radius 2 is 2.18 bits per heavy atom.